The summed E-state index contributed by atoms with van der Waals surface area (Å²) in [7, 11) is 0. The molecule has 0 aliphatic heterocycles. The number of amides is 2. The van der Waals surface area contributed by atoms with Crippen LogP contribution in [-0.2, 0) is 9.59 Å². The van der Waals surface area contributed by atoms with E-state index < -0.39 is 16.7 Å². The molecule has 0 fully saturated rings. The Bertz CT molecular complexity index is 790. The van der Waals surface area contributed by atoms with Crippen molar-refractivity contribution < 1.29 is 19.2 Å². The molecule has 0 aromatic heterocycles. The maximum atomic E-state index is 11.6. The molecule has 2 amide bonds. The van der Waals surface area contributed by atoms with Gasteiger partial charge in [0.2, 0.25) is 0 Å². The lowest BCUT2D eigenvalue weighted by molar-refractivity contribution is -0.384. The van der Waals surface area contributed by atoms with Gasteiger partial charge in [0.15, 0.2) is 6.61 Å². The lowest BCUT2D eigenvalue weighted by Crippen LogP contribution is -2.43. The fourth-order valence-electron chi connectivity index (χ4n) is 1.79. The summed E-state index contributed by atoms with van der Waals surface area (Å²) in [6.45, 7) is -0.251. The second-order valence-electron chi connectivity index (χ2n) is 4.82. The molecule has 25 heavy (non-hydrogen) atoms. The fourth-order valence-corrected chi connectivity index (χ4v) is 1.79. The minimum absolute atomic E-state index is 0.0751. The lowest BCUT2D eigenvalue weighted by atomic mass is 10.2. The summed E-state index contributed by atoms with van der Waals surface area (Å²) in [5, 5.41) is 10.7. The van der Waals surface area contributed by atoms with E-state index in [1.165, 1.54) is 24.3 Å². The van der Waals surface area contributed by atoms with E-state index in [0.717, 1.165) is 6.08 Å². The molecule has 128 valence electrons. The van der Waals surface area contributed by atoms with Crippen LogP contribution in [0.25, 0.3) is 6.08 Å². The van der Waals surface area contributed by atoms with E-state index in [0.29, 0.717) is 11.3 Å². The first-order valence-electron chi connectivity index (χ1n) is 7.24. The summed E-state index contributed by atoms with van der Waals surface area (Å²) in [6, 6.07) is 14.6. The van der Waals surface area contributed by atoms with Gasteiger partial charge in [0.1, 0.15) is 5.75 Å². The zero-order valence-corrected chi connectivity index (χ0v) is 13.0. The Morgan fingerprint density at radius 1 is 1.08 bits per heavy atom. The molecule has 8 nitrogen and oxygen atoms in total. The van der Waals surface area contributed by atoms with E-state index >= 15 is 0 Å². The largest absolute Gasteiger partial charge is 0.484 e. The number of nitrogens with one attached hydrogen (secondary N) is 2. The topological polar surface area (TPSA) is 111 Å². The van der Waals surface area contributed by atoms with Gasteiger partial charge in [-0.25, -0.2) is 0 Å². The van der Waals surface area contributed by atoms with Gasteiger partial charge in [-0.15, -0.1) is 0 Å². The highest BCUT2D eigenvalue weighted by Gasteiger charge is 2.05. The number of hydrazine groups is 1. The number of para-hydroxylation sites is 1. The molecule has 0 bridgehead atoms. The predicted molar refractivity (Wildman–Crippen MR) is 90.4 cm³/mol. The first-order valence-corrected chi connectivity index (χ1v) is 7.24. The molecular formula is C17H15N3O5. The number of nitrogens with zero attached hydrogens (tertiary/aromatic N) is 1. The minimum Gasteiger partial charge on any atom is -0.484 e. The molecular weight excluding hydrogens is 326 g/mol. The number of hydrogen-bond donors (Lipinski definition) is 2. The standard InChI is InChI=1S/C17H15N3O5/c21-16(10-9-13-5-4-6-14(11-13)20(23)24)18-19-17(22)12-25-15-7-2-1-3-8-15/h1-11H,12H2,(H,18,21)(H,19,22)/b10-9+. The van der Waals surface area contributed by atoms with E-state index in [1.807, 2.05) is 6.07 Å². The predicted octanol–water partition coefficient (Wildman–Crippen LogP) is 1.83. The van der Waals surface area contributed by atoms with Gasteiger partial charge in [-0.2, -0.15) is 0 Å². The molecule has 2 N–H and O–H groups in total. The van der Waals surface area contributed by atoms with Crippen molar-refractivity contribution >= 4 is 23.6 Å². The molecule has 2 aromatic carbocycles. The number of ether oxygens (including phenoxy) is 1. The molecule has 0 spiro atoms. The number of carbonyl (C=O) groups excluding carboxylic acids is 2. The van der Waals surface area contributed by atoms with E-state index in [-0.39, 0.29) is 12.3 Å². The van der Waals surface area contributed by atoms with Crippen LogP contribution in [0.2, 0.25) is 0 Å². The number of benzene rings is 2. The minimum atomic E-state index is -0.584. The van der Waals surface area contributed by atoms with Crippen LogP contribution in [0.3, 0.4) is 0 Å². The zero-order chi connectivity index (χ0) is 18.1. The quantitative estimate of drug-likeness (QED) is 0.473. The van der Waals surface area contributed by atoms with E-state index in [1.54, 1.807) is 30.3 Å². The highest BCUT2D eigenvalue weighted by atomic mass is 16.6. The molecule has 0 unspecified atom stereocenters. The second-order valence-corrected chi connectivity index (χ2v) is 4.82. The Balaban J connectivity index is 1.77. The summed E-state index contributed by atoms with van der Waals surface area (Å²) in [4.78, 5) is 33.3. The third-order valence-electron chi connectivity index (χ3n) is 2.95. The Hall–Kier alpha value is -3.68. The Morgan fingerprint density at radius 3 is 2.56 bits per heavy atom. The normalized spacial score (nSPS) is 10.2. The van der Waals surface area contributed by atoms with Crippen LogP contribution in [0.1, 0.15) is 5.56 Å². The van der Waals surface area contributed by atoms with Crippen molar-refractivity contribution in [2.24, 2.45) is 0 Å². The van der Waals surface area contributed by atoms with Gasteiger partial charge in [-0.3, -0.25) is 30.6 Å². The third-order valence-corrected chi connectivity index (χ3v) is 2.95. The first kappa shape index (κ1) is 17.7. The summed E-state index contributed by atoms with van der Waals surface area (Å²) < 4.78 is 5.22. The second kappa shape index (κ2) is 8.82. The first-order chi connectivity index (χ1) is 12.0. The van der Waals surface area contributed by atoms with E-state index in [9.17, 15) is 19.7 Å². The van der Waals surface area contributed by atoms with Gasteiger partial charge in [-0.1, -0.05) is 30.3 Å². The average Bonchev–Trinajstić information content (AvgIpc) is 2.64. The molecule has 2 rings (SSSR count). The summed E-state index contributed by atoms with van der Waals surface area (Å²) >= 11 is 0. The van der Waals surface area contributed by atoms with Crippen LogP contribution >= 0.6 is 0 Å². The van der Waals surface area contributed by atoms with Crippen LogP contribution in [-0.4, -0.2) is 23.3 Å². The third kappa shape index (κ3) is 6.14. The molecule has 8 heteroatoms. The Labute approximate surface area is 143 Å². The number of rotatable bonds is 6. The number of carbonyl (C=O) groups is 2. The zero-order valence-electron chi connectivity index (χ0n) is 13.0. The van der Waals surface area contributed by atoms with Crippen molar-refractivity contribution in [3.63, 3.8) is 0 Å². The monoisotopic (exact) mass is 341 g/mol. The molecule has 0 heterocycles. The van der Waals surface area contributed by atoms with Crippen LogP contribution < -0.4 is 15.6 Å². The van der Waals surface area contributed by atoms with Gasteiger partial charge in [0, 0.05) is 18.2 Å². The van der Waals surface area contributed by atoms with Crippen molar-refractivity contribution in [2.75, 3.05) is 6.61 Å². The van der Waals surface area contributed by atoms with Gasteiger partial charge in [0.25, 0.3) is 17.5 Å². The Morgan fingerprint density at radius 2 is 1.84 bits per heavy atom. The number of non-ortho nitro benzene ring substituents is 1. The van der Waals surface area contributed by atoms with Crippen LogP contribution in [0.5, 0.6) is 5.75 Å². The van der Waals surface area contributed by atoms with Crippen molar-refractivity contribution in [3.05, 3.63) is 76.4 Å². The molecule has 0 radical (unpaired) electrons. The molecule has 0 atom stereocenters. The van der Waals surface area contributed by atoms with Crippen LogP contribution in [0.15, 0.2) is 60.7 Å². The Kier molecular flexibility index (Phi) is 6.24. The SMILES string of the molecule is O=C(/C=C/c1cccc([N+](=O)[O-])c1)NNC(=O)COc1ccccc1. The molecule has 2 aromatic rings. The van der Waals surface area contributed by atoms with Crippen molar-refractivity contribution in [1.82, 2.24) is 10.9 Å². The van der Waals surface area contributed by atoms with Gasteiger partial charge < -0.3 is 4.74 Å². The highest BCUT2D eigenvalue weighted by molar-refractivity contribution is 5.93. The number of nitro groups is 1. The van der Waals surface area contributed by atoms with Gasteiger partial charge >= 0.3 is 0 Å². The van der Waals surface area contributed by atoms with Gasteiger partial charge in [-0.05, 0) is 23.8 Å². The summed E-state index contributed by atoms with van der Waals surface area (Å²) in [5.74, 6) is -0.574. The molecule has 0 aliphatic rings. The average molecular weight is 341 g/mol. The highest BCUT2D eigenvalue weighted by Crippen LogP contribution is 2.13. The smallest absolute Gasteiger partial charge is 0.276 e. The molecule has 0 saturated carbocycles. The summed E-state index contributed by atoms with van der Waals surface area (Å²) in [6.07, 6.45) is 2.55. The maximum Gasteiger partial charge on any atom is 0.276 e. The maximum absolute atomic E-state index is 11.6. The van der Waals surface area contributed by atoms with E-state index in [4.69, 9.17) is 4.74 Å². The number of hydrogen-bond acceptors (Lipinski definition) is 5. The molecule has 0 aliphatic carbocycles. The fraction of sp³-hybridized carbons (Fsp3) is 0.0588. The van der Waals surface area contributed by atoms with Crippen molar-refractivity contribution in [2.45, 2.75) is 0 Å². The van der Waals surface area contributed by atoms with Crippen LogP contribution in [0, 0.1) is 10.1 Å². The summed E-state index contributed by atoms with van der Waals surface area (Å²) in [5.41, 5.74) is 4.80. The van der Waals surface area contributed by atoms with Gasteiger partial charge in [0.05, 0.1) is 4.92 Å². The molecule has 0 saturated heterocycles. The lowest BCUT2D eigenvalue weighted by Gasteiger charge is -2.07. The van der Waals surface area contributed by atoms with Crippen molar-refractivity contribution in [3.8, 4) is 5.75 Å². The van der Waals surface area contributed by atoms with Crippen molar-refractivity contribution in [1.29, 1.82) is 0 Å². The van der Waals surface area contributed by atoms with E-state index in [2.05, 4.69) is 10.9 Å². The number of nitro benzene ring substituents is 1. The van der Waals surface area contributed by atoms with Crippen LogP contribution in [0.4, 0.5) is 5.69 Å².